The van der Waals surface area contributed by atoms with Crippen LogP contribution in [0, 0.1) is 6.92 Å². The number of anilines is 1. The molecular formula is C16H16N4O2S. The van der Waals surface area contributed by atoms with E-state index in [1.54, 1.807) is 31.1 Å². The number of hydrogen-bond acceptors (Lipinski definition) is 5. The van der Waals surface area contributed by atoms with Crippen molar-refractivity contribution in [1.82, 2.24) is 14.8 Å². The second kappa shape index (κ2) is 6.21. The van der Waals surface area contributed by atoms with Gasteiger partial charge in [0.1, 0.15) is 5.75 Å². The minimum atomic E-state index is -0.185. The first kappa shape index (κ1) is 15.2. The zero-order chi connectivity index (χ0) is 16.4. The molecular weight excluding hydrogens is 312 g/mol. The molecule has 0 spiro atoms. The summed E-state index contributed by atoms with van der Waals surface area (Å²) in [6, 6.07) is 9.30. The van der Waals surface area contributed by atoms with E-state index in [4.69, 9.17) is 4.74 Å². The Labute approximate surface area is 138 Å². The average Bonchev–Trinajstić information content (AvgIpc) is 3.23. The Morgan fingerprint density at radius 3 is 2.65 bits per heavy atom. The fourth-order valence-electron chi connectivity index (χ4n) is 2.20. The van der Waals surface area contributed by atoms with Crippen LogP contribution in [-0.4, -0.2) is 34.8 Å². The van der Waals surface area contributed by atoms with E-state index >= 15 is 0 Å². The summed E-state index contributed by atoms with van der Waals surface area (Å²) in [5, 5.41) is 6.91. The lowest BCUT2D eigenvalue weighted by atomic mass is 10.3. The molecule has 0 unspecified atom stereocenters. The van der Waals surface area contributed by atoms with Crippen LogP contribution in [0.3, 0.4) is 0 Å². The van der Waals surface area contributed by atoms with Crippen molar-refractivity contribution in [3.05, 3.63) is 53.3 Å². The summed E-state index contributed by atoms with van der Waals surface area (Å²) >= 11 is 1.41. The van der Waals surface area contributed by atoms with Crippen molar-refractivity contribution in [2.75, 3.05) is 19.1 Å². The predicted octanol–water partition coefficient (Wildman–Crippen LogP) is 2.92. The number of aromatic nitrogens is 3. The molecule has 3 aromatic rings. The summed E-state index contributed by atoms with van der Waals surface area (Å²) in [5.74, 6) is 0.591. The lowest BCUT2D eigenvalue weighted by Crippen LogP contribution is -2.26. The molecule has 0 saturated carbocycles. The highest BCUT2D eigenvalue weighted by atomic mass is 32.1. The van der Waals surface area contributed by atoms with Gasteiger partial charge in [-0.1, -0.05) is 0 Å². The second-order valence-electron chi connectivity index (χ2n) is 4.96. The molecule has 3 rings (SSSR count). The number of ether oxygens (including phenoxy) is 1. The second-order valence-corrected chi connectivity index (χ2v) is 5.83. The van der Waals surface area contributed by atoms with E-state index < -0.39 is 0 Å². The molecule has 0 atom stereocenters. The van der Waals surface area contributed by atoms with Crippen LogP contribution < -0.4 is 9.64 Å². The van der Waals surface area contributed by atoms with E-state index in [9.17, 15) is 4.79 Å². The summed E-state index contributed by atoms with van der Waals surface area (Å²) in [4.78, 5) is 18.2. The summed E-state index contributed by atoms with van der Waals surface area (Å²) < 4.78 is 6.89. The van der Waals surface area contributed by atoms with Crippen molar-refractivity contribution in [1.29, 1.82) is 0 Å². The van der Waals surface area contributed by atoms with Gasteiger partial charge in [0.2, 0.25) is 0 Å². The molecule has 0 N–H and O–H groups in total. The van der Waals surface area contributed by atoms with Gasteiger partial charge >= 0.3 is 0 Å². The van der Waals surface area contributed by atoms with Crippen LogP contribution in [-0.2, 0) is 0 Å². The third-order valence-corrected chi connectivity index (χ3v) is 4.28. The molecule has 0 fully saturated rings. The van der Waals surface area contributed by atoms with E-state index in [1.807, 2.05) is 36.6 Å². The Bertz CT molecular complexity index is 809. The highest BCUT2D eigenvalue weighted by Gasteiger charge is 2.19. The van der Waals surface area contributed by atoms with Gasteiger partial charge in [0.05, 0.1) is 12.8 Å². The normalized spacial score (nSPS) is 10.6. The van der Waals surface area contributed by atoms with E-state index in [1.165, 1.54) is 16.2 Å². The zero-order valence-corrected chi connectivity index (χ0v) is 13.9. The van der Waals surface area contributed by atoms with Crippen molar-refractivity contribution in [3.63, 3.8) is 0 Å². The van der Waals surface area contributed by atoms with Gasteiger partial charge in [-0.2, -0.15) is 5.10 Å². The molecule has 7 heteroatoms. The Hall–Kier alpha value is -2.67. The van der Waals surface area contributed by atoms with E-state index in [0.717, 1.165) is 17.1 Å². The number of carbonyl (C=O) groups excluding carboxylic acids is 1. The van der Waals surface area contributed by atoms with Crippen molar-refractivity contribution in [2.24, 2.45) is 0 Å². The molecule has 0 saturated heterocycles. The van der Waals surface area contributed by atoms with Crippen LogP contribution >= 0.6 is 11.3 Å². The van der Waals surface area contributed by atoms with Gasteiger partial charge < -0.3 is 4.74 Å². The lowest BCUT2D eigenvalue weighted by molar-refractivity contribution is 0.0988. The molecule has 2 heterocycles. The van der Waals surface area contributed by atoms with Gasteiger partial charge in [0.15, 0.2) is 10.8 Å². The minimum Gasteiger partial charge on any atom is -0.497 e. The maximum absolute atomic E-state index is 12.5. The zero-order valence-electron chi connectivity index (χ0n) is 13.1. The molecule has 0 bridgehead atoms. The standard InChI is InChI=1S/C16H16N4O2S/c1-11-10-14(15(21)19(2)16-17-8-9-23-16)18-20(11)12-4-6-13(22-3)7-5-12/h4-10H,1-3H3. The van der Waals surface area contributed by atoms with Gasteiger partial charge in [0, 0.05) is 24.3 Å². The first-order valence-electron chi connectivity index (χ1n) is 6.99. The third-order valence-electron chi connectivity index (χ3n) is 3.43. The predicted molar refractivity (Wildman–Crippen MR) is 89.7 cm³/mol. The summed E-state index contributed by atoms with van der Waals surface area (Å²) in [6.45, 7) is 1.91. The SMILES string of the molecule is COc1ccc(-n2nc(C(=O)N(C)c3nccs3)cc2C)cc1. The number of carbonyl (C=O) groups is 1. The molecule has 1 amide bonds. The van der Waals surface area contributed by atoms with Gasteiger partial charge in [0.25, 0.3) is 5.91 Å². The summed E-state index contributed by atoms with van der Waals surface area (Å²) in [6.07, 6.45) is 1.67. The molecule has 6 nitrogen and oxygen atoms in total. The first-order valence-corrected chi connectivity index (χ1v) is 7.87. The number of benzene rings is 1. The van der Waals surface area contributed by atoms with Crippen LogP contribution in [0.1, 0.15) is 16.2 Å². The maximum Gasteiger partial charge on any atom is 0.280 e. The Balaban J connectivity index is 1.89. The molecule has 0 radical (unpaired) electrons. The monoisotopic (exact) mass is 328 g/mol. The lowest BCUT2D eigenvalue weighted by Gasteiger charge is -2.11. The first-order chi connectivity index (χ1) is 11.1. The van der Waals surface area contributed by atoms with E-state index in [-0.39, 0.29) is 5.91 Å². The number of thiazole rings is 1. The number of amides is 1. The van der Waals surface area contributed by atoms with E-state index in [2.05, 4.69) is 10.1 Å². The van der Waals surface area contributed by atoms with Crippen molar-refractivity contribution in [3.8, 4) is 11.4 Å². The van der Waals surface area contributed by atoms with Crippen molar-refractivity contribution < 1.29 is 9.53 Å². The number of rotatable bonds is 4. The fraction of sp³-hybridized carbons (Fsp3) is 0.188. The van der Waals surface area contributed by atoms with Crippen LogP contribution in [0.2, 0.25) is 0 Å². The molecule has 0 aliphatic rings. The molecule has 0 aliphatic carbocycles. The van der Waals surface area contributed by atoms with Gasteiger partial charge in [-0.05, 0) is 37.3 Å². The van der Waals surface area contributed by atoms with Crippen LogP contribution in [0.25, 0.3) is 5.69 Å². The molecule has 0 aliphatic heterocycles. The van der Waals surface area contributed by atoms with Crippen molar-refractivity contribution >= 4 is 22.4 Å². The summed E-state index contributed by atoms with van der Waals surface area (Å²) in [5.41, 5.74) is 2.14. The topological polar surface area (TPSA) is 60.3 Å². The highest BCUT2D eigenvalue weighted by molar-refractivity contribution is 7.13. The maximum atomic E-state index is 12.5. The number of nitrogens with zero attached hydrogens (tertiary/aromatic N) is 4. The minimum absolute atomic E-state index is 0.185. The Morgan fingerprint density at radius 1 is 1.30 bits per heavy atom. The number of methoxy groups -OCH3 is 1. The van der Waals surface area contributed by atoms with E-state index in [0.29, 0.717) is 10.8 Å². The smallest absolute Gasteiger partial charge is 0.280 e. The molecule has 118 valence electrons. The molecule has 2 aromatic heterocycles. The number of aryl methyl sites for hydroxylation is 1. The average molecular weight is 328 g/mol. The van der Waals surface area contributed by atoms with Crippen LogP contribution in [0.5, 0.6) is 5.75 Å². The quantitative estimate of drug-likeness (QED) is 0.739. The summed E-state index contributed by atoms with van der Waals surface area (Å²) in [7, 11) is 3.32. The van der Waals surface area contributed by atoms with Gasteiger partial charge in [-0.3, -0.25) is 9.69 Å². The fourth-order valence-corrected chi connectivity index (χ4v) is 2.81. The Morgan fingerprint density at radius 2 is 2.04 bits per heavy atom. The van der Waals surface area contributed by atoms with Crippen LogP contribution in [0.4, 0.5) is 5.13 Å². The van der Waals surface area contributed by atoms with Gasteiger partial charge in [-0.15, -0.1) is 11.3 Å². The highest BCUT2D eigenvalue weighted by Crippen LogP contribution is 2.20. The molecule has 1 aromatic carbocycles. The van der Waals surface area contributed by atoms with Crippen molar-refractivity contribution in [2.45, 2.75) is 6.92 Å². The third kappa shape index (κ3) is 2.95. The molecule has 23 heavy (non-hydrogen) atoms. The Kier molecular flexibility index (Phi) is 4.12. The van der Waals surface area contributed by atoms with Gasteiger partial charge in [-0.25, -0.2) is 9.67 Å². The number of hydrogen-bond donors (Lipinski definition) is 0. The van der Waals surface area contributed by atoms with Crippen LogP contribution in [0.15, 0.2) is 41.9 Å². The largest absolute Gasteiger partial charge is 0.497 e.